The molecule has 4 aliphatic carbocycles. The van der Waals surface area contributed by atoms with Crippen molar-refractivity contribution in [3.63, 3.8) is 0 Å². The highest BCUT2D eigenvalue weighted by atomic mass is 15.0. The first-order valence-electron chi connectivity index (χ1n) is 8.04. The molecule has 2 heterocycles. The van der Waals surface area contributed by atoms with Crippen LogP contribution in [0.2, 0.25) is 0 Å². The molecule has 0 aliphatic heterocycles. The van der Waals surface area contributed by atoms with Gasteiger partial charge in [-0.05, 0) is 74.8 Å². The summed E-state index contributed by atoms with van der Waals surface area (Å²) in [5.74, 6) is 4.13. The number of H-pyrrole nitrogens is 1. The monoisotopic (exact) mass is 267 g/mol. The number of nitrogens with one attached hydrogen (secondary N) is 1. The maximum Gasteiger partial charge on any atom is 0.177 e. The van der Waals surface area contributed by atoms with Crippen LogP contribution in [0.25, 0.3) is 11.2 Å². The summed E-state index contributed by atoms with van der Waals surface area (Å²) in [4.78, 5) is 13.0. The third-order valence-corrected chi connectivity index (χ3v) is 6.14. The zero-order chi connectivity index (χ0) is 13.3. The van der Waals surface area contributed by atoms with Crippen molar-refractivity contribution in [3.05, 3.63) is 23.7 Å². The molecule has 20 heavy (non-hydrogen) atoms. The number of hydrogen-bond donors (Lipinski definition) is 1. The van der Waals surface area contributed by atoms with Gasteiger partial charge in [0.05, 0.1) is 5.52 Å². The Morgan fingerprint density at radius 1 is 1.10 bits per heavy atom. The van der Waals surface area contributed by atoms with E-state index < -0.39 is 0 Å². The summed E-state index contributed by atoms with van der Waals surface area (Å²) < 4.78 is 0. The largest absolute Gasteiger partial charge is 0.340 e. The van der Waals surface area contributed by atoms with Crippen LogP contribution in [-0.2, 0) is 5.41 Å². The van der Waals surface area contributed by atoms with Crippen LogP contribution in [0.15, 0.2) is 12.3 Å². The number of rotatable bonds is 1. The Bertz CT molecular complexity index is 649. The van der Waals surface area contributed by atoms with Crippen LogP contribution >= 0.6 is 0 Å². The second kappa shape index (κ2) is 3.63. The van der Waals surface area contributed by atoms with E-state index in [4.69, 9.17) is 4.98 Å². The van der Waals surface area contributed by atoms with Crippen LogP contribution in [0, 0.1) is 24.7 Å². The summed E-state index contributed by atoms with van der Waals surface area (Å²) in [6.07, 6.45) is 10.4. The van der Waals surface area contributed by atoms with Gasteiger partial charge in [0.2, 0.25) is 0 Å². The molecule has 0 amide bonds. The van der Waals surface area contributed by atoms with Gasteiger partial charge < -0.3 is 4.98 Å². The summed E-state index contributed by atoms with van der Waals surface area (Å²) in [6.45, 7) is 2.14. The van der Waals surface area contributed by atoms with E-state index in [-0.39, 0.29) is 0 Å². The topological polar surface area (TPSA) is 41.6 Å². The molecular formula is C17H21N3. The van der Waals surface area contributed by atoms with E-state index in [2.05, 4.69) is 23.0 Å². The van der Waals surface area contributed by atoms with E-state index in [9.17, 15) is 0 Å². The van der Waals surface area contributed by atoms with Crippen LogP contribution < -0.4 is 0 Å². The molecular weight excluding hydrogens is 246 g/mol. The number of aromatic amines is 1. The van der Waals surface area contributed by atoms with Gasteiger partial charge in [0.25, 0.3) is 0 Å². The molecule has 4 saturated carbocycles. The van der Waals surface area contributed by atoms with Gasteiger partial charge in [-0.3, -0.25) is 0 Å². The van der Waals surface area contributed by atoms with Crippen LogP contribution in [0.3, 0.4) is 0 Å². The molecule has 0 aromatic carbocycles. The van der Waals surface area contributed by atoms with Gasteiger partial charge in [-0.15, -0.1) is 0 Å². The van der Waals surface area contributed by atoms with Gasteiger partial charge in [-0.25, -0.2) is 9.97 Å². The second-order valence-electron chi connectivity index (χ2n) is 7.61. The van der Waals surface area contributed by atoms with E-state index in [1.165, 1.54) is 49.9 Å². The lowest BCUT2D eigenvalue weighted by Crippen LogP contribution is -2.49. The minimum atomic E-state index is 0.349. The Balaban J connectivity index is 1.65. The number of fused-ring (bicyclic) bond motifs is 1. The highest BCUT2D eigenvalue weighted by Gasteiger charge is 2.53. The first-order chi connectivity index (χ1) is 9.72. The molecule has 0 spiro atoms. The second-order valence-corrected chi connectivity index (χ2v) is 7.61. The van der Waals surface area contributed by atoms with Gasteiger partial charge in [0.15, 0.2) is 5.65 Å². The fourth-order valence-electron chi connectivity index (χ4n) is 5.69. The van der Waals surface area contributed by atoms with Crippen molar-refractivity contribution in [2.24, 2.45) is 17.8 Å². The molecule has 3 nitrogen and oxygen atoms in total. The molecule has 4 bridgehead atoms. The highest BCUT2D eigenvalue weighted by Crippen LogP contribution is 2.60. The molecule has 0 atom stereocenters. The number of hydrogen-bond acceptors (Lipinski definition) is 2. The Labute approximate surface area is 119 Å². The number of nitrogens with zero attached hydrogens (tertiary/aromatic N) is 2. The fourth-order valence-corrected chi connectivity index (χ4v) is 5.69. The summed E-state index contributed by atoms with van der Waals surface area (Å²) in [5, 5.41) is 0. The zero-order valence-corrected chi connectivity index (χ0v) is 12.0. The van der Waals surface area contributed by atoms with Crippen LogP contribution in [-0.4, -0.2) is 15.0 Å². The minimum absolute atomic E-state index is 0.349. The van der Waals surface area contributed by atoms with Crippen molar-refractivity contribution in [3.8, 4) is 0 Å². The predicted octanol–water partition coefficient (Wildman–Crippen LogP) is 3.73. The first kappa shape index (κ1) is 11.3. The summed E-state index contributed by atoms with van der Waals surface area (Å²) in [6, 6.07) is 2.07. The molecule has 4 aliphatic rings. The van der Waals surface area contributed by atoms with Gasteiger partial charge in [-0.2, -0.15) is 0 Å². The van der Waals surface area contributed by atoms with Crippen molar-refractivity contribution >= 4 is 11.2 Å². The number of aromatic nitrogens is 3. The molecule has 1 N–H and O–H groups in total. The average Bonchev–Trinajstić information content (AvgIpc) is 2.83. The smallest absolute Gasteiger partial charge is 0.177 e. The Kier molecular flexibility index (Phi) is 2.05. The fraction of sp³-hybridized carbons (Fsp3) is 0.647. The molecule has 0 radical (unpaired) electrons. The SMILES string of the molecule is Cc1ccnc2nc(C34CC5CC(CC(C5)C3)C4)[nH]c12. The molecule has 6 rings (SSSR count). The van der Waals surface area contributed by atoms with Gasteiger partial charge in [0.1, 0.15) is 5.82 Å². The molecule has 3 heteroatoms. The van der Waals surface area contributed by atoms with Crippen molar-refractivity contribution < 1.29 is 0 Å². The molecule has 2 aromatic rings. The lowest BCUT2D eigenvalue weighted by molar-refractivity contribution is -0.00887. The normalized spacial score (nSPS) is 38.8. The summed E-state index contributed by atoms with van der Waals surface area (Å²) >= 11 is 0. The number of imidazole rings is 1. The maximum absolute atomic E-state index is 4.90. The number of pyridine rings is 1. The zero-order valence-electron chi connectivity index (χ0n) is 12.0. The van der Waals surface area contributed by atoms with E-state index in [1.807, 2.05) is 6.20 Å². The first-order valence-corrected chi connectivity index (χ1v) is 8.04. The van der Waals surface area contributed by atoms with Crippen molar-refractivity contribution in [1.82, 2.24) is 15.0 Å². The van der Waals surface area contributed by atoms with Crippen LogP contribution in [0.1, 0.15) is 49.9 Å². The molecule has 4 fully saturated rings. The van der Waals surface area contributed by atoms with Gasteiger partial charge in [-0.1, -0.05) is 0 Å². The van der Waals surface area contributed by atoms with Crippen molar-refractivity contribution in [2.45, 2.75) is 50.9 Å². The van der Waals surface area contributed by atoms with Crippen molar-refractivity contribution in [1.29, 1.82) is 0 Å². The molecule has 0 saturated heterocycles. The van der Waals surface area contributed by atoms with Crippen LogP contribution in [0.4, 0.5) is 0 Å². The average molecular weight is 267 g/mol. The van der Waals surface area contributed by atoms with E-state index >= 15 is 0 Å². The standard InChI is InChI=1S/C17H21N3/c1-10-2-3-18-15-14(10)19-16(20-15)17-7-11-4-12(8-17)6-13(5-11)9-17/h2-3,11-13H,4-9H2,1H3,(H,18,19,20). The molecule has 2 aromatic heterocycles. The molecule has 0 unspecified atom stereocenters. The Hall–Kier alpha value is -1.38. The Morgan fingerprint density at radius 2 is 1.75 bits per heavy atom. The third kappa shape index (κ3) is 1.41. The third-order valence-electron chi connectivity index (χ3n) is 6.14. The lowest BCUT2D eigenvalue weighted by Gasteiger charge is -2.55. The highest BCUT2D eigenvalue weighted by molar-refractivity contribution is 5.74. The maximum atomic E-state index is 4.90. The Morgan fingerprint density at radius 3 is 2.35 bits per heavy atom. The molecule has 104 valence electrons. The van der Waals surface area contributed by atoms with Gasteiger partial charge in [0, 0.05) is 11.6 Å². The quantitative estimate of drug-likeness (QED) is 0.855. The number of aryl methyl sites for hydroxylation is 1. The predicted molar refractivity (Wildman–Crippen MR) is 78.5 cm³/mol. The van der Waals surface area contributed by atoms with Gasteiger partial charge >= 0.3 is 0 Å². The lowest BCUT2D eigenvalue weighted by atomic mass is 9.49. The van der Waals surface area contributed by atoms with E-state index in [0.717, 1.165) is 28.9 Å². The van der Waals surface area contributed by atoms with Crippen LogP contribution in [0.5, 0.6) is 0 Å². The van der Waals surface area contributed by atoms with E-state index in [1.54, 1.807) is 0 Å². The minimum Gasteiger partial charge on any atom is -0.340 e. The van der Waals surface area contributed by atoms with E-state index in [0.29, 0.717) is 5.41 Å². The summed E-state index contributed by atoms with van der Waals surface area (Å²) in [5.41, 5.74) is 3.68. The summed E-state index contributed by atoms with van der Waals surface area (Å²) in [7, 11) is 0. The van der Waals surface area contributed by atoms with Crippen molar-refractivity contribution in [2.75, 3.05) is 0 Å².